The lowest BCUT2D eigenvalue weighted by molar-refractivity contribution is -0.0487. The molecule has 0 aromatic rings. The number of hydrogen-bond acceptors (Lipinski definition) is 4. The molecule has 0 spiro atoms. The molecular weight excluding hydrogens is 689 g/mol. The number of allylic oxidation sites excluding steroid dienone is 3. The fourth-order valence-corrected chi connectivity index (χ4v) is 22.5. The first-order valence-electron chi connectivity index (χ1n) is 21.7. The predicted molar refractivity (Wildman–Crippen MR) is 231 cm³/mol. The Bertz CT molecular complexity index is 1300. The molecule has 1 fully saturated rings. The molecule has 4 aliphatic rings. The van der Waals surface area contributed by atoms with Crippen LogP contribution in [0.2, 0.25) is 51.4 Å². The fraction of sp³-hybridized carbons (Fsp3) is 0.822. The summed E-state index contributed by atoms with van der Waals surface area (Å²) < 4.78 is 30.2. The Kier molecular flexibility index (Phi) is 14.3. The van der Waals surface area contributed by atoms with Gasteiger partial charge in [0, 0.05) is 12.3 Å². The predicted octanol–water partition coefficient (Wildman–Crippen LogP) is 14.9. The van der Waals surface area contributed by atoms with Gasteiger partial charge in [-0.2, -0.15) is 0 Å². The van der Waals surface area contributed by atoms with Crippen LogP contribution in [-0.4, -0.2) is 37.2 Å². The molecule has 4 atom stereocenters. The second kappa shape index (κ2) is 17.0. The maximum absolute atomic E-state index is 7.83. The van der Waals surface area contributed by atoms with Gasteiger partial charge >= 0.3 is 0 Å². The van der Waals surface area contributed by atoms with Crippen molar-refractivity contribution in [3.8, 4) is 0 Å². The Hall–Kier alpha value is -1.03. The first kappa shape index (κ1) is 43.7. The molecule has 0 bridgehead atoms. The van der Waals surface area contributed by atoms with Crippen LogP contribution in [-0.2, 0) is 18.0 Å². The number of rotatable bonds is 14. The van der Waals surface area contributed by atoms with Gasteiger partial charge in [-0.25, -0.2) is 0 Å². The summed E-state index contributed by atoms with van der Waals surface area (Å²) in [7, 11) is -6.48. The van der Waals surface area contributed by atoms with Crippen molar-refractivity contribution in [2.75, 3.05) is 0 Å². The second-order valence-corrected chi connectivity index (χ2v) is 35.9. The van der Waals surface area contributed by atoms with Crippen LogP contribution in [0.3, 0.4) is 0 Å². The Labute approximate surface area is 325 Å². The Morgan fingerprint density at radius 1 is 0.750 bits per heavy atom. The van der Waals surface area contributed by atoms with Crippen molar-refractivity contribution in [2.24, 2.45) is 11.8 Å². The van der Waals surface area contributed by atoms with Crippen LogP contribution in [0, 0.1) is 11.8 Å². The van der Waals surface area contributed by atoms with E-state index >= 15 is 0 Å². The molecule has 1 aliphatic heterocycles. The molecule has 1 heterocycles. The first-order valence-corrected chi connectivity index (χ1v) is 28.9. The molecular formula is C45H82O4Si3. The summed E-state index contributed by atoms with van der Waals surface area (Å²) in [4.78, 5) is 0. The van der Waals surface area contributed by atoms with Crippen LogP contribution < -0.4 is 0 Å². The third kappa shape index (κ3) is 8.68. The molecule has 0 unspecified atom stereocenters. The van der Waals surface area contributed by atoms with Crippen molar-refractivity contribution in [1.29, 1.82) is 0 Å². The maximum Gasteiger partial charge on any atom is 0.258 e. The van der Waals surface area contributed by atoms with Gasteiger partial charge in [0.25, 0.3) is 16.6 Å². The molecule has 0 aromatic heterocycles. The van der Waals surface area contributed by atoms with E-state index in [1.165, 1.54) is 49.2 Å². The first-order chi connectivity index (χ1) is 24.1. The van der Waals surface area contributed by atoms with E-state index in [4.69, 9.17) is 18.0 Å². The van der Waals surface area contributed by atoms with E-state index in [0.717, 1.165) is 31.4 Å². The van der Waals surface area contributed by atoms with Gasteiger partial charge < -0.3 is 18.0 Å². The SMILES string of the molecule is CC(C)[Si](OC1=C[C@H](/C=C(\O[Si](C)(C)C(C)(C)C)C2=CCCCC2)O[C@H]2CC(O[Si](C(C)C)(C(C)C)C(C)C)=C3CCCC[C@H]3[C@@H]12)(C(C)C)C(C)C. The van der Waals surface area contributed by atoms with E-state index in [0.29, 0.717) is 39.2 Å². The molecule has 298 valence electrons. The summed E-state index contributed by atoms with van der Waals surface area (Å²) in [6.45, 7) is 40.9. The van der Waals surface area contributed by atoms with Crippen molar-refractivity contribution in [3.05, 3.63) is 46.7 Å². The van der Waals surface area contributed by atoms with Gasteiger partial charge in [0.1, 0.15) is 11.9 Å². The van der Waals surface area contributed by atoms with E-state index in [1.807, 2.05) is 0 Å². The topological polar surface area (TPSA) is 36.9 Å². The monoisotopic (exact) mass is 771 g/mol. The summed E-state index contributed by atoms with van der Waals surface area (Å²) >= 11 is 0. The maximum atomic E-state index is 7.83. The van der Waals surface area contributed by atoms with Crippen molar-refractivity contribution in [1.82, 2.24) is 0 Å². The van der Waals surface area contributed by atoms with Gasteiger partial charge in [-0.1, -0.05) is 116 Å². The highest BCUT2D eigenvalue weighted by molar-refractivity contribution is 6.78. The molecule has 7 heteroatoms. The van der Waals surface area contributed by atoms with E-state index < -0.39 is 25.0 Å². The van der Waals surface area contributed by atoms with Crippen LogP contribution in [0.4, 0.5) is 0 Å². The zero-order valence-electron chi connectivity index (χ0n) is 37.0. The standard InChI is InChI=1S/C45H82O4Si3/c1-30(2)51(31(3)4,32(5)6)48-41-29-42-44(39-26-22-21-25-38(39)41)43(49-52(33(7)8,34(9)10)35(11)12)28-37(46-42)27-40(36-23-19-18-20-24-36)47-50(16,17)45(13,14)15/h23,27-28,30-35,37,39,42,44H,18-22,24-26,29H2,1-17H3/b40-27-/t37-,39+,42-,44+/m0/s1. The van der Waals surface area contributed by atoms with E-state index in [9.17, 15) is 0 Å². The Morgan fingerprint density at radius 3 is 1.79 bits per heavy atom. The lowest BCUT2D eigenvalue weighted by Crippen LogP contribution is -2.52. The highest BCUT2D eigenvalue weighted by Gasteiger charge is 2.54. The molecule has 4 rings (SSSR count). The zero-order valence-corrected chi connectivity index (χ0v) is 40.0. The van der Waals surface area contributed by atoms with Crippen molar-refractivity contribution in [3.63, 3.8) is 0 Å². The van der Waals surface area contributed by atoms with Gasteiger partial charge in [0.2, 0.25) is 8.32 Å². The molecule has 0 radical (unpaired) electrons. The average Bonchev–Trinajstić information content (AvgIpc) is 3.04. The van der Waals surface area contributed by atoms with Crippen molar-refractivity contribution >= 4 is 25.0 Å². The van der Waals surface area contributed by atoms with Crippen molar-refractivity contribution in [2.45, 2.75) is 225 Å². The minimum Gasteiger partial charge on any atom is -0.546 e. The highest BCUT2D eigenvalue weighted by atomic mass is 28.4. The van der Waals surface area contributed by atoms with Crippen LogP contribution in [0.15, 0.2) is 46.7 Å². The quantitative estimate of drug-likeness (QED) is 0.130. The van der Waals surface area contributed by atoms with Crippen LogP contribution in [0.25, 0.3) is 0 Å². The molecule has 0 N–H and O–H groups in total. The molecule has 4 nitrogen and oxygen atoms in total. The minimum absolute atomic E-state index is 0.0222. The molecule has 3 aliphatic carbocycles. The zero-order chi connectivity index (χ0) is 39.0. The van der Waals surface area contributed by atoms with Crippen LogP contribution in [0.1, 0.15) is 162 Å². The largest absolute Gasteiger partial charge is 0.546 e. The van der Waals surface area contributed by atoms with Crippen LogP contribution in [0.5, 0.6) is 0 Å². The fourth-order valence-electron chi connectivity index (χ4n) is 10.8. The van der Waals surface area contributed by atoms with Gasteiger partial charge in [-0.05, 0) is 126 Å². The summed E-state index contributed by atoms with van der Waals surface area (Å²) in [5, 5.41) is 0.109. The van der Waals surface area contributed by atoms with Gasteiger partial charge in [0.05, 0.1) is 17.6 Å². The second-order valence-electron chi connectivity index (χ2n) is 20.4. The lowest BCUT2D eigenvalue weighted by Gasteiger charge is -2.52. The number of fused-ring (bicyclic) bond motifs is 3. The average molecular weight is 771 g/mol. The van der Waals surface area contributed by atoms with E-state index in [1.54, 1.807) is 5.57 Å². The Morgan fingerprint density at radius 2 is 1.29 bits per heavy atom. The van der Waals surface area contributed by atoms with Crippen molar-refractivity contribution < 1.29 is 18.0 Å². The molecule has 0 amide bonds. The van der Waals surface area contributed by atoms with Gasteiger partial charge in [0.15, 0.2) is 0 Å². The molecule has 52 heavy (non-hydrogen) atoms. The summed E-state index contributed by atoms with van der Waals surface area (Å²) in [6, 6.07) is 0. The third-order valence-electron chi connectivity index (χ3n) is 14.3. The molecule has 0 aromatic carbocycles. The summed E-state index contributed by atoms with van der Waals surface area (Å²) in [6.07, 6.45) is 17.4. The summed E-state index contributed by atoms with van der Waals surface area (Å²) in [5.74, 6) is 4.25. The normalized spacial score (nSPS) is 25.6. The third-order valence-corrected chi connectivity index (χ3v) is 30.7. The number of ether oxygens (including phenoxy) is 1. The van der Waals surface area contributed by atoms with Gasteiger partial charge in [-0.3, -0.25) is 0 Å². The van der Waals surface area contributed by atoms with E-state index in [-0.39, 0.29) is 23.2 Å². The number of hydrogen-bond donors (Lipinski definition) is 0. The Balaban J connectivity index is 1.92. The lowest BCUT2D eigenvalue weighted by atomic mass is 9.67. The highest BCUT2D eigenvalue weighted by Crippen LogP contribution is 2.55. The molecule has 1 saturated carbocycles. The summed E-state index contributed by atoms with van der Waals surface area (Å²) in [5.41, 5.74) is 6.10. The van der Waals surface area contributed by atoms with Crippen LogP contribution >= 0.6 is 0 Å². The smallest absolute Gasteiger partial charge is 0.258 e. The van der Waals surface area contributed by atoms with E-state index in [2.05, 4.69) is 135 Å². The minimum atomic E-state index is -2.23. The van der Waals surface area contributed by atoms with Gasteiger partial charge in [-0.15, -0.1) is 0 Å². The molecule has 0 saturated heterocycles.